The third-order valence-corrected chi connectivity index (χ3v) is 5.43. The van der Waals surface area contributed by atoms with Crippen LogP contribution in [0.5, 0.6) is 5.75 Å². The van der Waals surface area contributed by atoms with E-state index < -0.39 is 0 Å². The van der Waals surface area contributed by atoms with E-state index in [1.54, 1.807) is 7.11 Å². The van der Waals surface area contributed by atoms with Crippen molar-refractivity contribution in [3.63, 3.8) is 0 Å². The molecule has 1 spiro atoms. The van der Waals surface area contributed by atoms with Gasteiger partial charge in [-0.05, 0) is 48.7 Å². The highest BCUT2D eigenvalue weighted by Gasteiger charge is 2.40. The van der Waals surface area contributed by atoms with Gasteiger partial charge in [-0.2, -0.15) is 0 Å². The van der Waals surface area contributed by atoms with E-state index in [1.807, 2.05) is 30.6 Å². The number of piperidine rings is 1. The summed E-state index contributed by atoms with van der Waals surface area (Å²) in [6.07, 6.45) is 6.08. The van der Waals surface area contributed by atoms with Gasteiger partial charge >= 0.3 is 0 Å². The summed E-state index contributed by atoms with van der Waals surface area (Å²) >= 11 is 0. The molecule has 5 heteroatoms. The monoisotopic (exact) mass is 353 g/mol. The summed E-state index contributed by atoms with van der Waals surface area (Å²) in [6, 6.07) is 12.5. The molecule has 1 unspecified atom stereocenters. The Hall–Kier alpha value is -2.11. The molecule has 2 aliphatic rings. The maximum atomic E-state index is 6.35. The number of ether oxygens (including phenoxy) is 2. The molecule has 2 saturated heterocycles. The van der Waals surface area contributed by atoms with E-state index in [4.69, 9.17) is 9.47 Å². The highest BCUT2D eigenvalue weighted by Crippen LogP contribution is 2.32. The number of nitrogens with zero attached hydrogens (tertiary/aromatic N) is 3. The second-order valence-corrected chi connectivity index (χ2v) is 7.33. The Morgan fingerprint density at radius 3 is 2.81 bits per heavy atom. The van der Waals surface area contributed by atoms with E-state index in [9.17, 15) is 0 Å². The normalized spacial score (nSPS) is 24.0. The topological polar surface area (TPSA) is 37.8 Å². The maximum Gasteiger partial charge on any atom is 0.119 e. The lowest BCUT2D eigenvalue weighted by Crippen LogP contribution is -2.59. The van der Waals surface area contributed by atoms with Gasteiger partial charge < -0.3 is 14.4 Å². The molecule has 26 heavy (non-hydrogen) atoms. The maximum absolute atomic E-state index is 6.35. The molecule has 0 radical (unpaired) electrons. The Morgan fingerprint density at radius 1 is 1.15 bits per heavy atom. The molecule has 2 fully saturated rings. The van der Waals surface area contributed by atoms with Crippen LogP contribution in [-0.4, -0.2) is 55.4 Å². The third-order valence-electron chi connectivity index (χ3n) is 5.43. The molecule has 1 aromatic heterocycles. The molecule has 1 atom stereocenters. The molecule has 0 bridgehead atoms. The Bertz CT molecular complexity index is 703. The molecular formula is C21H27N3O2. The van der Waals surface area contributed by atoms with E-state index in [1.165, 1.54) is 11.3 Å². The first-order valence-corrected chi connectivity index (χ1v) is 9.41. The summed E-state index contributed by atoms with van der Waals surface area (Å²) in [7, 11) is 1.71. The lowest BCUT2D eigenvalue weighted by molar-refractivity contribution is -0.116. The Kier molecular flexibility index (Phi) is 5.09. The largest absolute Gasteiger partial charge is 0.497 e. The van der Waals surface area contributed by atoms with Crippen molar-refractivity contribution in [1.29, 1.82) is 0 Å². The molecule has 5 nitrogen and oxygen atoms in total. The van der Waals surface area contributed by atoms with Crippen molar-refractivity contribution in [3.05, 3.63) is 54.4 Å². The molecule has 0 saturated carbocycles. The van der Waals surface area contributed by atoms with Gasteiger partial charge in [0, 0.05) is 50.8 Å². The third kappa shape index (κ3) is 3.84. The lowest BCUT2D eigenvalue weighted by atomic mass is 9.90. The number of rotatable bonds is 4. The number of methoxy groups -OCH3 is 1. The van der Waals surface area contributed by atoms with Gasteiger partial charge in [-0.3, -0.25) is 9.88 Å². The smallest absolute Gasteiger partial charge is 0.119 e. The zero-order chi connectivity index (χ0) is 17.8. The summed E-state index contributed by atoms with van der Waals surface area (Å²) in [5, 5.41) is 0. The molecule has 3 heterocycles. The molecule has 138 valence electrons. The fourth-order valence-corrected chi connectivity index (χ4v) is 4.17. The zero-order valence-electron chi connectivity index (χ0n) is 15.4. The fraction of sp³-hybridized carbons (Fsp3) is 0.476. The van der Waals surface area contributed by atoms with Crippen LogP contribution in [0.3, 0.4) is 0 Å². The Labute approximate surface area is 155 Å². The predicted molar refractivity (Wildman–Crippen MR) is 103 cm³/mol. The van der Waals surface area contributed by atoms with Crippen LogP contribution in [-0.2, 0) is 11.3 Å². The van der Waals surface area contributed by atoms with Gasteiger partial charge in [-0.25, -0.2) is 0 Å². The van der Waals surface area contributed by atoms with Crippen LogP contribution < -0.4 is 9.64 Å². The van der Waals surface area contributed by atoms with E-state index in [0.717, 1.165) is 57.9 Å². The van der Waals surface area contributed by atoms with Crippen molar-refractivity contribution < 1.29 is 9.47 Å². The quantitative estimate of drug-likeness (QED) is 0.845. The standard InChI is InChI=1S/C21H27N3O2/c1-25-20-7-5-19(6-8-20)24-11-3-9-21(17-24)16-23(12-13-26-21)15-18-4-2-10-22-14-18/h2,4-8,10,14H,3,9,11-13,15-17H2,1H3. The number of pyridine rings is 1. The molecular weight excluding hydrogens is 326 g/mol. The van der Waals surface area contributed by atoms with Gasteiger partial charge in [0.1, 0.15) is 5.75 Å². The summed E-state index contributed by atoms with van der Waals surface area (Å²) in [5.41, 5.74) is 2.45. The molecule has 0 amide bonds. The average molecular weight is 353 g/mol. The Morgan fingerprint density at radius 2 is 2.04 bits per heavy atom. The van der Waals surface area contributed by atoms with Crippen molar-refractivity contribution in [2.24, 2.45) is 0 Å². The molecule has 0 aliphatic carbocycles. The fourth-order valence-electron chi connectivity index (χ4n) is 4.17. The SMILES string of the molecule is COc1ccc(N2CCCC3(CN(Cc4cccnc4)CCO3)C2)cc1. The number of anilines is 1. The van der Waals surface area contributed by atoms with Crippen LogP contribution in [0.15, 0.2) is 48.8 Å². The van der Waals surface area contributed by atoms with Gasteiger partial charge in [0.25, 0.3) is 0 Å². The van der Waals surface area contributed by atoms with Crippen LogP contribution in [0.4, 0.5) is 5.69 Å². The number of morpholine rings is 1. The van der Waals surface area contributed by atoms with Gasteiger partial charge in [0.2, 0.25) is 0 Å². The molecule has 2 aliphatic heterocycles. The van der Waals surface area contributed by atoms with Crippen LogP contribution in [0, 0.1) is 0 Å². The van der Waals surface area contributed by atoms with E-state index in [2.05, 4.69) is 33.0 Å². The minimum atomic E-state index is -0.0708. The molecule has 2 aromatic rings. The van der Waals surface area contributed by atoms with E-state index >= 15 is 0 Å². The van der Waals surface area contributed by atoms with Gasteiger partial charge in [0.15, 0.2) is 0 Å². The minimum absolute atomic E-state index is 0.0708. The van der Waals surface area contributed by atoms with Crippen LogP contribution in [0.1, 0.15) is 18.4 Å². The van der Waals surface area contributed by atoms with Crippen molar-refractivity contribution in [2.75, 3.05) is 44.8 Å². The molecule has 4 rings (SSSR count). The van der Waals surface area contributed by atoms with Crippen molar-refractivity contribution in [1.82, 2.24) is 9.88 Å². The second-order valence-electron chi connectivity index (χ2n) is 7.33. The predicted octanol–water partition coefficient (Wildman–Crippen LogP) is 2.96. The van der Waals surface area contributed by atoms with Crippen LogP contribution in [0.25, 0.3) is 0 Å². The summed E-state index contributed by atoms with van der Waals surface area (Å²) in [5.74, 6) is 0.900. The summed E-state index contributed by atoms with van der Waals surface area (Å²) < 4.78 is 11.6. The second kappa shape index (κ2) is 7.64. The first-order valence-electron chi connectivity index (χ1n) is 9.41. The highest BCUT2D eigenvalue weighted by atomic mass is 16.5. The summed E-state index contributed by atoms with van der Waals surface area (Å²) in [6.45, 7) is 5.74. The van der Waals surface area contributed by atoms with Gasteiger partial charge in [0.05, 0.1) is 19.3 Å². The van der Waals surface area contributed by atoms with Crippen LogP contribution >= 0.6 is 0 Å². The molecule has 1 aromatic carbocycles. The zero-order valence-corrected chi connectivity index (χ0v) is 15.4. The summed E-state index contributed by atoms with van der Waals surface area (Å²) in [4.78, 5) is 9.21. The minimum Gasteiger partial charge on any atom is -0.497 e. The van der Waals surface area contributed by atoms with E-state index in [0.29, 0.717) is 0 Å². The molecule has 0 N–H and O–H groups in total. The number of hydrogen-bond donors (Lipinski definition) is 0. The Balaban J connectivity index is 1.44. The first-order chi connectivity index (χ1) is 12.8. The van der Waals surface area contributed by atoms with Crippen molar-refractivity contribution >= 4 is 5.69 Å². The first kappa shape index (κ1) is 17.3. The number of aromatic nitrogens is 1. The van der Waals surface area contributed by atoms with Crippen molar-refractivity contribution in [3.8, 4) is 5.75 Å². The van der Waals surface area contributed by atoms with Crippen LogP contribution in [0.2, 0.25) is 0 Å². The van der Waals surface area contributed by atoms with Gasteiger partial charge in [-0.1, -0.05) is 6.07 Å². The average Bonchev–Trinajstić information content (AvgIpc) is 2.69. The van der Waals surface area contributed by atoms with E-state index in [-0.39, 0.29) is 5.60 Å². The highest BCUT2D eigenvalue weighted by molar-refractivity contribution is 5.50. The van der Waals surface area contributed by atoms with Crippen molar-refractivity contribution in [2.45, 2.75) is 25.0 Å². The number of hydrogen-bond acceptors (Lipinski definition) is 5. The lowest BCUT2D eigenvalue weighted by Gasteiger charge is -2.48. The number of benzene rings is 1. The van der Waals surface area contributed by atoms with Gasteiger partial charge in [-0.15, -0.1) is 0 Å².